The molecule has 5 heterocycles. The van der Waals surface area contributed by atoms with E-state index in [2.05, 4.69) is 33.3 Å². The Hall–Kier alpha value is -2.77. The van der Waals surface area contributed by atoms with Crippen LogP contribution in [-0.2, 0) is 6.42 Å². The van der Waals surface area contributed by atoms with E-state index < -0.39 is 0 Å². The van der Waals surface area contributed by atoms with Crippen molar-refractivity contribution in [3.8, 4) is 23.0 Å². The monoisotopic (exact) mass is 600 g/mol. The number of benzene rings is 1. The molecule has 7 rings (SSSR count). The van der Waals surface area contributed by atoms with Crippen LogP contribution in [0.15, 0.2) is 28.7 Å². The van der Waals surface area contributed by atoms with Gasteiger partial charge < -0.3 is 29.0 Å². The lowest BCUT2D eigenvalue weighted by molar-refractivity contribution is 0.103. The lowest BCUT2D eigenvalue weighted by Crippen LogP contribution is -2.43. The Morgan fingerprint density at radius 2 is 1.75 bits per heavy atom. The quantitative estimate of drug-likeness (QED) is 0.238. The van der Waals surface area contributed by atoms with Gasteiger partial charge in [0.15, 0.2) is 17.3 Å². The summed E-state index contributed by atoms with van der Waals surface area (Å²) in [5.74, 6) is 4.11. The van der Waals surface area contributed by atoms with Crippen LogP contribution in [0.25, 0.3) is 22.4 Å². The Balaban J connectivity index is 1.10. The van der Waals surface area contributed by atoms with E-state index in [9.17, 15) is 0 Å². The van der Waals surface area contributed by atoms with Gasteiger partial charge >= 0.3 is 0 Å². The number of methoxy groups -OCH3 is 1. The zero-order valence-corrected chi connectivity index (χ0v) is 27.0. The summed E-state index contributed by atoms with van der Waals surface area (Å²) in [5, 5.41) is 5.15. The second kappa shape index (κ2) is 13.7. The van der Waals surface area contributed by atoms with E-state index in [1.165, 1.54) is 102 Å². The van der Waals surface area contributed by atoms with Crippen molar-refractivity contribution < 1.29 is 13.9 Å². The third kappa shape index (κ3) is 6.60. The van der Waals surface area contributed by atoms with Crippen molar-refractivity contribution in [1.82, 2.24) is 14.8 Å². The molecule has 1 unspecified atom stereocenters. The number of aryl methyl sites for hydroxylation is 1. The summed E-state index contributed by atoms with van der Waals surface area (Å²) in [4.78, 5) is 10.6. The molecule has 0 amide bonds. The van der Waals surface area contributed by atoms with Crippen molar-refractivity contribution in [2.45, 2.75) is 102 Å². The number of nitrogens with zero attached hydrogens (tertiary/aromatic N) is 3. The molecule has 238 valence electrons. The number of rotatable bonds is 10. The average molecular weight is 601 g/mol. The Bertz CT molecular complexity index is 1400. The number of hydrogen-bond acceptors (Lipinski definition) is 7. The van der Waals surface area contributed by atoms with Crippen LogP contribution >= 0.6 is 0 Å². The highest BCUT2D eigenvalue weighted by molar-refractivity contribution is 5.98. The third-order valence-corrected chi connectivity index (χ3v) is 10.9. The fourth-order valence-corrected chi connectivity index (χ4v) is 8.41. The van der Waals surface area contributed by atoms with Gasteiger partial charge in [-0.1, -0.05) is 19.3 Å². The Morgan fingerprint density at radius 1 is 0.932 bits per heavy atom. The van der Waals surface area contributed by atoms with Gasteiger partial charge in [-0.25, -0.2) is 4.98 Å². The van der Waals surface area contributed by atoms with Crippen molar-refractivity contribution in [2.75, 3.05) is 51.8 Å². The zero-order chi connectivity index (χ0) is 29.9. The highest BCUT2D eigenvalue weighted by atomic mass is 16.5. The van der Waals surface area contributed by atoms with E-state index >= 15 is 0 Å². The van der Waals surface area contributed by atoms with Crippen LogP contribution in [0, 0.1) is 12.8 Å². The Kier molecular flexibility index (Phi) is 9.31. The molecule has 1 aromatic carbocycles. The second-order valence-electron chi connectivity index (χ2n) is 13.9. The topological polar surface area (TPSA) is 63.0 Å². The maximum Gasteiger partial charge on any atom is 0.163 e. The molecule has 0 radical (unpaired) electrons. The summed E-state index contributed by atoms with van der Waals surface area (Å²) in [6.45, 7) is 8.77. The minimum absolute atomic E-state index is 0.470. The summed E-state index contributed by atoms with van der Waals surface area (Å²) in [5.41, 5.74) is 4.35. The largest absolute Gasteiger partial charge is 0.493 e. The van der Waals surface area contributed by atoms with Gasteiger partial charge in [-0.15, -0.1) is 0 Å². The molecule has 0 spiro atoms. The Labute approximate surface area is 263 Å². The number of pyridine rings is 1. The van der Waals surface area contributed by atoms with Gasteiger partial charge in [-0.2, -0.15) is 0 Å². The first-order valence-electron chi connectivity index (χ1n) is 17.6. The van der Waals surface area contributed by atoms with Crippen molar-refractivity contribution in [3.63, 3.8) is 0 Å². The van der Waals surface area contributed by atoms with Gasteiger partial charge in [0.25, 0.3) is 0 Å². The van der Waals surface area contributed by atoms with E-state index in [-0.39, 0.29) is 0 Å². The van der Waals surface area contributed by atoms with Crippen LogP contribution in [0.5, 0.6) is 11.5 Å². The number of ether oxygens (including phenoxy) is 2. The minimum Gasteiger partial charge on any atom is -0.493 e. The number of anilines is 1. The lowest BCUT2D eigenvalue weighted by atomic mass is 9.84. The SMILES string of the molecule is COc1cc2c3c(c(-c4ccc(C)o4)nc2cc1OCCCN1CCCC1)CCC(CC1CCN(C2CCCCC2)CC1)N3. The number of piperidine rings is 1. The highest BCUT2D eigenvalue weighted by Gasteiger charge is 2.31. The first kappa shape index (κ1) is 29.9. The van der Waals surface area contributed by atoms with Gasteiger partial charge in [0, 0.05) is 41.3 Å². The summed E-state index contributed by atoms with van der Waals surface area (Å²) >= 11 is 0. The van der Waals surface area contributed by atoms with Crippen LogP contribution in [0.4, 0.5) is 5.69 Å². The fraction of sp³-hybridized carbons (Fsp3) is 0.649. The molecule has 44 heavy (non-hydrogen) atoms. The van der Waals surface area contributed by atoms with Gasteiger partial charge in [-0.3, -0.25) is 0 Å². The molecule has 2 aromatic heterocycles. The molecule has 0 bridgehead atoms. The summed E-state index contributed by atoms with van der Waals surface area (Å²) in [6, 6.07) is 9.64. The van der Waals surface area contributed by atoms with Gasteiger partial charge in [-0.05, 0) is 121 Å². The van der Waals surface area contributed by atoms with Crippen molar-refractivity contribution in [1.29, 1.82) is 0 Å². The van der Waals surface area contributed by atoms with Crippen molar-refractivity contribution in [3.05, 3.63) is 35.6 Å². The van der Waals surface area contributed by atoms with E-state index in [0.717, 1.165) is 77.4 Å². The number of furan rings is 1. The van der Waals surface area contributed by atoms with E-state index in [4.69, 9.17) is 18.9 Å². The normalized spacial score (nSPS) is 22.3. The predicted molar refractivity (Wildman–Crippen MR) is 178 cm³/mol. The van der Waals surface area contributed by atoms with Crippen LogP contribution in [0.2, 0.25) is 0 Å². The number of hydrogen-bond donors (Lipinski definition) is 1. The maximum absolute atomic E-state index is 6.32. The first-order valence-corrected chi connectivity index (χ1v) is 17.6. The molecule has 3 aliphatic heterocycles. The van der Waals surface area contributed by atoms with Crippen LogP contribution in [0.3, 0.4) is 0 Å². The summed E-state index contributed by atoms with van der Waals surface area (Å²) in [7, 11) is 1.74. The lowest BCUT2D eigenvalue weighted by Gasteiger charge is -2.40. The molecule has 7 heteroatoms. The number of nitrogens with one attached hydrogen (secondary N) is 1. The number of fused-ring (bicyclic) bond motifs is 3. The average Bonchev–Trinajstić information content (AvgIpc) is 3.75. The molecule has 7 nitrogen and oxygen atoms in total. The zero-order valence-electron chi connectivity index (χ0n) is 27.0. The molecule has 3 aromatic rings. The molecular formula is C37H52N4O3. The van der Waals surface area contributed by atoms with Crippen molar-refractivity contribution >= 4 is 16.6 Å². The first-order chi connectivity index (χ1) is 21.6. The molecule has 1 aliphatic carbocycles. The minimum atomic E-state index is 0.470. The molecule has 4 aliphatic rings. The van der Waals surface area contributed by atoms with Crippen LogP contribution in [-0.4, -0.2) is 73.3 Å². The van der Waals surface area contributed by atoms with Crippen molar-refractivity contribution in [2.24, 2.45) is 5.92 Å². The molecular weight excluding hydrogens is 548 g/mol. The van der Waals surface area contributed by atoms with Crippen LogP contribution < -0.4 is 14.8 Å². The molecule has 2 saturated heterocycles. The number of aromatic nitrogens is 1. The molecule has 1 atom stereocenters. The summed E-state index contributed by atoms with van der Waals surface area (Å²) in [6.07, 6.45) is 16.8. The summed E-state index contributed by atoms with van der Waals surface area (Å²) < 4.78 is 18.4. The fourth-order valence-electron chi connectivity index (χ4n) is 8.41. The maximum atomic E-state index is 6.32. The second-order valence-corrected chi connectivity index (χ2v) is 13.9. The van der Waals surface area contributed by atoms with Crippen LogP contribution in [0.1, 0.15) is 88.4 Å². The Morgan fingerprint density at radius 3 is 2.50 bits per heavy atom. The smallest absolute Gasteiger partial charge is 0.163 e. The standard InChI is InChI=1S/C37H52N4O3/c1-26-11-14-33(44-26)37-30-13-12-28(23-27-15-20-41(21-16-27)29-9-4-3-5-10-29)38-36(30)31-24-34(42-2)35(25-32(31)39-37)43-22-8-19-40-17-6-7-18-40/h11,14,24-25,27-29,38H,3-10,12-13,15-23H2,1-2H3. The van der Waals surface area contributed by atoms with Gasteiger partial charge in [0.1, 0.15) is 11.5 Å². The van der Waals surface area contributed by atoms with E-state index in [0.29, 0.717) is 12.6 Å². The molecule has 1 N–H and O–H groups in total. The molecule has 3 fully saturated rings. The van der Waals surface area contributed by atoms with E-state index in [1.807, 2.05) is 13.0 Å². The van der Waals surface area contributed by atoms with E-state index in [1.54, 1.807) is 7.11 Å². The third-order valence-electron chi connectivity index (χ3n) is 10.9. The number of likely N-dealkylation sites (tertiary alicyclic amines) is 2. The van der Waals surface area contributed by atoms with Gasteiger partial charge in [0.05, 0.1) is 19.2 Å². The van der Waals surface area contributed by atoms with Gasteiger partial charge in [0.2, 0.25) is 0 Å². The molecule has 1 saturated carbocycles. The predicted octanol–water partition coefficient (Wildman–Crippen LogP) is 7.84. The highest BCUT2D eigenvalue weighted by Crippen LogP contribution is 2.43.